The van der Waals surface area contributed by atoms with E-state index in [9.17, 15) is 14.3 Å². The number of hydrogen-bond acceptors (Lipinski definition) is 3. The minimum atomic E-state index is -0.962. The number of phenolic OH excluding ortho intramolecular Hbond substituents is 1. The molecule has 1 aromatic carbocycles. The first-order valence-electron chi connectivity index (χ1n) is 3.77. The Bertz CT molecular complexity index is 338. The maximum absolute atomic E-state index is 12.8. The van der Waals surface area contributed by atoms with E-state index in [0.717, 1.165) is 6.07 Å². The van der Waals surface area contributed by atoms with Gasteiger partial charge in [0.05, 0.1) is 6.04 Å². The van der Waals surface area contributed by atoms with Gasteiger partial charge in [-0.1, -0.05) is 12.1 Å². The number of carbonyl (C=O) groups is 1. The second kappa shape index (κ2) is 3.53. The molecule has 3 N–H and O–H groups in total. The SMILES string of the molecule is CC(=O)C(N)c1cccc(F)c1O. The monoisotopic (exact) mass is 183 g/mol. The Morgan fingerprint density at radius 2 is 2.23 bits per heavy atom. The van der Waals surface area contributed by atoms with Crippen molar-refractivity contribution >= 4 is 5.78 Å². The molecule has 0 saturated carbocycles. The second-order valence-electron chi connectivity index (χ2n) is 2.77. The average molecular weight is 183 g/mol. The fraction of sp³-hybridized carbons (Fsp3) is 0.222. The molecular weight excluding hydrogens is 173 g/mol. The molecule has 1 unspecified atom stereocenters. The van der Waals surface area contributed by atoms with Crippen molar-refractivity contribution in [3.05, 3.63) is 29.6 Å². The lowest BCUT2D eigenvalue weighted by atomic mass is 10.0. The molecule has 13 heavy (non-hydrogen) atoms. The van der Waals surface area contributed by atoms with Crippen LogP contribution in [0, 0.1) is 5.82 Å². The molecule has 0 radical (unpaired) electrons. The second-order valence-corrected chi connectivity index (χ2v) is 2.77. The van der Waals surface area contributed by atoms with Gasteiger partial charge in [0.25, 0.3) is 0 Å². The predicted molar refractivity (Wildman–Crippen MR) is 45.7 cm³/mol. The van der Waals surface area contributed by atoms with Gasteiger partial charge in [0.2, 0.25) is 0 Å². The van der Waals surface area contributed by atoms with Crippen LogP contribution in [0.15, 0.2) is 18.2 Å². The molecule has 1 rings (SSSR count). The maximum atomic E-state index is 12.8. The van der Waals surface area contributed by atoms with E-state index in [2.05, 4.69) is 0 Å². The van der Waals surface area contributed by atoms with E-state index in [4.69, 9.17) is 5.73 Å². The minimum absolute atomic E-state index is 0.118. The summed E-state index contributed by atoms with van der Waals surface area (Å²) in [6, 6.07) is 2.96. The molecule has 0 aliphatic rings. The zero-order valence-corrected chi connectivity index (χ0v) is 7.12. The number of benzene rings is 1. The summed E-state index contributed by atoms with van der Waals surface area (Å²) in [6.45, 7) is 1.29. The molecule has 1 atom stereocenters. The molecule has 0 spiro atoms. The molecule has 0 aliphatic carbocycles. The lowest BCUT2D eigenvalue weighted by Crippen LogP contribution is -2.18. The first-order valence-corrected chi connectivity index (χ1v) is 3.77. The molecular formula is C9H10FNO2. The Hall–Kier alpha value is -1.42. The molecule has 3 nitrogen and oxygen atoms in total. The fourth-order valence-corrected chi connectivity index (χ4v) is 1.00. The van der Waals surface area contributed by atoms with Gasteiger partial charge in [-0.15, -0.1) is 0 Å². The highest BCUT2D eigenvalue weighted by molar-refractivity contribution is 5.83. The number of ketones is 1. The number of para-hydroxylation sites is 1. The van der Waals surface area contributed by atoms with Crippen molar-refractivity contribution < 1.29 is 14.3 Å². The molecule has 1 aromatic rings. The van der Waals surface area contributed by atoms with Gasteiger partial charge in [-0.25, -0.2) is 4.39 Å². The van der Waals surface area contributed by atoms with E-state index in [1.165, 1.54) is 19.1 Å². The molecule has 0 bridgehead atoms. The van der Waals surface area contributed by atoms with Crippen molar-refractivity contribution in [3.8, 4) is 5.75 Å². The third-order valence-electron chi connectivity index (χ3n) is 1.79. The van der Waals surface area contributed by atoms with Gasteiger partial charge in [-0.05, 0) is 13.0 Å². The fourth-order valence-electron chi connectivity index (χ4n) is 1.00. The Morgan fingerprint density at radius 1 is 1.62 bits per heavy atom. The van der Waals surface area contributed by atoms with Crippen LogP contribution in [-0.2, 0) is 4.79 Å². The van der Waals surface area contributed by atoms with Crippen molar-refractivity contribution in [2.24, 2.45) is 5.73 Å². The van der Waals surface area contributed by atoms with Crippen LogP contribution in [0.25, 0.3) is 0 Å². The van der Waals surface area contributed by atoms with Crippen LogP contribution in [0.2, 0.25) is 0 Å². The summed E-state index contributed by atoms with van der Waals surface area (Å²) < 4.78 is 12.8. The van der Waals surface area contributed by atoms with Crippen molar-refractivity contribution in [2.45, 2.75) is 13.0 Å². The summed E-state index contributed by atoms with van der Waals surface area (Å²) >= 11 is 0. The van der Waals surface area contributed by atoms with Gasteiger partial charge in [-0.3, -0.25) is 4.79 Å². The highest BCUT2D eigenvalue weighted by atomic mass is 19.1. The largest absolute Gasteiger partial charge is 0.505 e. The number of rotatable bonds is 2. The Balaban J connectivity index is 3.15. The van der Waals surface area contributed by atoms with E-state index in [1.807, 2.05) is 0 Å². The van der Waals surface area contributed by atoms with Crippen LogP contribution in [0.5, 0.6) is 5.75 Å². The summed E-state index contributed by atoms with van der Waals surface area (Å²) in [6.07, 6.45) is 0. The summed E-state index contributed by atoms with van der Waals surface area (Å²) in [5, 5.41) is 9.21. The number of halogens is 1. The Kier molecular flexibility index (Phi) is 2.63. The minimum Gasteiger partial charge on any atom is -0.505 e. The topological polar surface area (TPSA) is 63.3 Å². The quantitative estimate of drug-likeness (QED) is 0.722. The number of hydrogen-bond donors (Lipinski definition) is 2. The first-order chi connectivity index (χ1) is 6.04. The van der Waals surface area contributed by atoms with E-state index < -0.39 is 17.6 Å². The van der Waals surface area contributed by atoms with Crippen LogP contribution in [-0.4, -0.2) is 10.9 Å². The highest BCUT2D eigenvalue weighted by Crippen LogP contribution is 2.25. The lowest BCUT2D eigenvalue weighted by molar-refractivity contribution is -0.118. The van der Waals surface area contributed by atoms with Crippen molar-refractivity contribution in [2.75, 3.05) is 0 Å². The summed E-state index contributed by atoms with van der Waals surface area (Å²) in [5.41, 5.74) is 5.55. The predicted octanol–water partition coefficient (Wildman–Crippen LogP) is 1.12. The van der Waals surface area contributed by atoms with Gasteiger partial charge in [-0.2, -0.15) is 0 Å². The van der Waals surface area contributed by atoms with Gasteiger partial charge in [0.1, 0.15) is 0 Å². The first kappa shape index (κ1) is 9.67. The van der Waals surface area contributed by atoms with Crippen LogP contribution in [0.1, 0.15) is 18.5 Å². The Morgan fingerprint density at radius 3 is 2.77 bits per heavy atom. The van der Waals surface area contributed by atoms with Crippen LogP contribution in [0.4, 0.5) is 4.39 Å². The standard InChI is InChI=1S/C9H10FNO2/c1-5(12)8(11)6-3-2-4-7(10)9(6)13/h2-4,8,13H,11H2,1H3. The third kappa shape index (κ3) is 1.84. The molecule has 70 valence electrons. The van der Waals surface area contributed by atoms with Gasteiger partial charge >= 0.3 is 0 Å². The van der Waals surface area contributed by atoms with Crippen LogP contribution >= 0.6 is 0 Å². The highest BCUT2D eigenvalue weighted by Gasteiger charge is 2.16. The van der Waals surface area contributed by atoms with E-state index >= 15 is 0 Å². The number of aromatic hydroxyl groups is 1. The lowest BCUT2D eigenvalue weighted by Gasteiger charge is -2.09. The number of phenols is 1. The van der Waals surface area contributed by atoms with E-state index in [0.29, 0.717) is 0 Å². The number of Topliss-reactive ketones (excluding diaryl/α,β-unsaturated/α-hetero) is 1. The Labute approximate surface area is 75.0 Å². The molecule has 0 amide bonds. The maximum Gasteiger partial charge on any atom is 0.165 e. The summed E-state index contributed by atoms with van der Waals surface area (Å²) in [4.78, 5) is 10.8. The van der Waals surface area contributed by atoms with E-state index in [1.54, 1.807) is 0 Å². The van der Waals surface area contributed by atoms with Crippen LogP contribution < -0.4 is 5.73 Å². The zero-order valence-electron chi connectivity index (χ0n) is 7.12. The molecule has 0 aromatic heterocycles. The smallest absolute Gasteiger partial charge is 0.165 e. The molecule has 4 heteroatoms. The van der Waals surface area contributed by atoms with E-state index in [-0.39, 0.29) is 11.3 Å². The molecule has 0 fully saturated rings. The summed E-state index contributed by atoms with van der Waals surface area (Å²) in [5.74, 6) is -1.64. The number of carbonyl (C=O) groups excluding carboxylic acids is 1. The normalized spacial score (nSPS) is 12.5. The van der Waals surface area contributed by atoms with Crippen molar-refractivity contribution in [1.82, 2.24) is 0 Å². The number of nitrogens with two attached hydrogens (primary N) is 1. The molecule has 0 heterocycles. The van der Waals surface area contributed by atoms with Gasteiger partial charge in [0.15, 0.2) is 17.3 Å². The van der Waals surface area contributed by atoms with Gasteiger partial charge < -0.3 is 10.8 Å². The van der Waals surface area contributed by atoms with Crippen molar-refractivity contribution in [1.29, 1.82) is 0 Å². The van der Waals surface area contributed by atoms with Gasteiger partial charge in [0, 0.05) is 5.56 Å². The summed E-state index contributed by atoms with van der Waals surface area (Å²) in [7, 11) is 0. The average Bonchev–Trinajstić information content (AvgIpc) is 2.08. The molecule has 0 saturated heterocycles. The van der Waals surface area contributed by atoms with Crippen LogP contribution in [0.3, 0.4) is 0 Å². The molecule has 0 aliphatic heterocycles. The van der Waals surface area contributed by atoms with Crippen molar-refractivity contribution in [3.63, 3.8) is 0 Å². The zero-order chi connectivity index (χ0) is 10.0. The third-order valence-corrected chi connectivity index (χ3v) is 1.79.